The number of nitrogens with zero attached hydrogens (tertiary/aromatic N) is 2. The monoisotopic (exact) mass is 374 g/mol. The fourth-order valence-corrected chi connectivity index (χ4v) is 10.8. The number of hydrogen-bond donors (Lipinski definition) is 0. The van der Waals surface area contributed by atoms with Gasteiger partial charge in [-0.15, -0.1) is 0 Å². The third kappa shape index (κ3) is 2.88. The van der Waals surface area contributed by atoms with E-state index in [-0.39, 0.29) is 21.0 Å². The second-order valence-corrected chi connectivity index (χ2v) is 16.0. The Labute approximate surface area is 146 Å². The predicted octanol–water partition coefficient (Wildman–Crippen LogP) is 1.60. The Hall–Kier alpha value is -1.33. The van der Waals surface area contributed by atoms with Gasteiger partial charge >= 0.3 is 0 Å². The van der Waals surface area contributed by atoms with Gasteiger partial charge in [0.1, 0.15) is 0 Å². The maximum absolute atomic E-state index is 12.3. The largest absolute Gasteiger partial charge is 0.454 e. The molecule has 0 radical (unpaired) electrons. The van der Waals surface area contributed by atoms with Crippen LogP contribution in [0.15, 0.2) is 0 Å². The van der Waals surface area contributed by atoms with E-state index in [1.807, 2.05) is 13.1 Å². The molecule has 2 aliphatic rings. The molecule has 0 bridgehead atoms. The second-order valence-electron chi connectivity index (χ2n) is 7.09. The average Bonchev–Trinajstić information content (AvgIpc) is 2.43. The highest BCUT2D eigenvalue weighted by atomic mass is 28.4. The number of rotatable bonds is 5. The van der Waals surface area contributed by atoms with Gasteiger partial charge in [0.15, 0.2) is 16.6 Å². The standard InChI is InChI=1S/C13H22N2O5Si2.2CH4/c1-7-21(3,4)20-22(5,6)8-15-11(18)13(12(15)19)9(16)14(2)10(13)17;;/h7-8H2,1-6H3;2*1H4. The third-order valence-electron chi connectivity index (χ3n) is 4.33. The van der Waals surface area contributed by atoms with Gasteiger partial charge in [-0.05, 0) is 32.2 Å². The fraction of sp³-hybridized carbons (Fsp3) is 0.733. The lowest BCUT2D eigenvalue weighted by Gasteiger charge is -2.52. The van der Waals surface area contributed by atoms with Crippen LogP contribution < -0.4 is 0 Å². The molecule has 0 aliphatic carbocycles. The smallest absolute Gasteiger partial charge is 0.284 e. The number of β-lactam (4-membered cyclic amide) rings is 4. The van der Waals surface area contributed by atoms with Crippen molar-refractivity contribution >= 4 is 40.3 Å². The molecule has 1 spiro atoms. The molecule has 2 rings (SSSR count). The van der Waals surface area contributed by atoms with E-state index in [0.29, 0.717) is 0 Å². The highest BCUT2D eigenvalue weighted by molar-refractivity contribution is 6.85. The van der Waals surface area contributed by atoms with E-state index in [1.165, 1.54) is 7.05 Å². The van der Waals surface area contributed by atoms with Gasteiger partial charge < -0.3 is 4.12 Å². The minimum atomic E-state index is -2.28. The quantitative estimate of drug-likeness (QED) is 0.414. The summed E-state index contributed by atoms with van der Waals surface area (Å²) in [4.78, 5) is 50.0. The zero-order valence-electron chi connectivity index (χ0n) is 13.8. The van der Waals surface area contributed by atoms with Crippen molar-refractivity contribution in [2.75, 3.05) is 13.2 Å². The number of carbonyl (C=O) groups is 4. The van der Waals surface area contributed by atoms with Gasteiger partial charge in [-0.2, -0.15) is 0 Å². The van der Waals surface area contributed by atoms with Gasteiger partial charge in [-0.1, -0.05) is 21.8 Å². The van der Waals surface area contributed by atoms with Crippen LogP contribution in [-0.4, -0.2) is 63.3 Å². The molecule has 0 unspecified atom stereocenters. The highest BCUT2D eigenvalue weighted by Crippen LogP contribution is 2.44. The average molecular weight is 375 g/mol. The van der Waals surface area contributed by atoms with Crippen LogP contribution in [0.4, 0.5) is 0 Å². The lowest BCUT2D eigenvalue weighted by Crippen LogP contribution is -2.84. The summed E-state index contributed by atoms with van der Waals surface area (Å²) in [5.41, 5.74) is -2.06. The van der Waals surface area contributed by atoms with E-state index in [9.17, 15) is 19.2 Å². The molecular formula is C15H30N2O5Si2. The molecular weight excluding hydrogens is 344 g/mol. The zero-order chi connectivity index (χ0) is 17.1. The van der Waals surface area contributed by atoms with Gasteiger partial charge in [-0.25, -0.2) is 0 Å². The van der Waals surface area contributed by atoms with E-state index in [1.54, 1.807) is 0 Å². The predicted molar refractivity (Wildman–Crippen MR) is 96.9 cm³/mol. The minimum Gasteiger partial charge on any atom is -0.454 e. The molecule has 2 heterocycles. The Balaban J connectivity index is 0.00000264. The summed E-state index contributed by atoms with van der Waals surface area (Å²) in [7, 11) is -2.81. The molecule has 2 aliphatic heterocycles. The molecule has 7 nitrogen and oxygen atoms in total. The Morgan fingerprint density at radius 3 is 1.67 bits per heavy atom. The molecule has 0 aromatic carbocycles. The first kappa shape index (κ1) is 22.7. The summed E-state index contributed by atoms with van der Waals surface area (Å²) < 4.78 is 6.22. The Morgan fingerprint density at radius 1 is 0.875 bits per heavy atom. The van der Waals surface area contributed by atoms with Gasteiger partial charge in [0.05, 0.1) is 0 Å². The molecule has 138 valence electrons. The third-order valence-corrected chi connectivity index (χ3v) is 11.5. The summed E-state index contributed by atoms with van der Waals surface area (Å²) in [6.45, 7) is 10.1. The number of likely N-dealkylation sites (tertiary alicyclic amines) is 2. The molecule has 24 heavy (non-hydrogen) atoms. The van der Waals surface area contributed by atoms with Crippen molar-refractivity contribution in [3.8, 4) is 0 Å². The molecule has 4 amide bonds. The molecule has 2 saturated heterocycles. The van der Waals surface area contributed by atoms with Crippen molar-refractivity contribution in [1.29, 1.82) is 0 Å². The van der Waals surface area contributed by atoms with Crippen LogP contribution in [-0.2, 0) is 23.3 Å². The second kappa shape index (κ2) is 6.53. The van der Waals surface area contributed by atoms with E-state index >= 15 is 0 Å². The first-order valence-corrected chi connectivity index (χ1v) is 13.5. The van der Waals surface area contributed by atoms with Crippen LogP contribution in [0.2, 0.25) is 32.2 Å². The van der Waals surface area contributed by atoms with Crippen molar-refractivity contribution in [2.45, 2.75) is 54.0 Å². The number of hydrogen-bond acceptors (Lipinski definition) is 5. The topological polar surface area (TPSA) is 84.0 Å². The Bertz CT molecular complexity index is 554. The maximum Gasteiger partial charge on any atom is 0.284 e. The number of carbonyl (C=O) groups excluding carboxylic acids is 4. The van der Waals surface area contributed by atoms with Crippen molar-refractivity contribution in [3.63, 3.8) is 0 Å². The molecule has 0 saturated carbocycles. The summed E-state index contributed by atoms with van der Waals surface area (Å²) >= 11 is 0. The Kier molecular flexibility index (Phi) is 6.17. The maximum atomic E-state index is 12.3. The Morgan fingerprint density at radius 2 is 1.29 bits per heavy atom. The van der Waals surface area contributed by atoms with E-state index in [2.05, 4.69) is 20.0 Å². The zero-order valence-corrected chi connectivity index (χ0v) is 15.8. The lowest BCUT2D eigenvalue weighted by atomic mass is 9.69. The lowest BCUT2D eigenvalue weighted by molar-refractivity contribution is -0.197. The summed E-state index contributed by atoms with van der Waals surface area (Å²) in [6, 6.07) is 0.941. The SMILES string of the molecule is C.C.CC[Si](C)(C)O[Si](C)(C)CN1C(=O)C2(C(=O)N(C)C2=O)C1=O. The molecule has 0 aromatic rings. The first-order chi connectivity index (χ1) is 9.90. The summed E-state index contributed by atoms with van der Waals surface area (Å²) in [5.74, 6) is -2.81. The highest BCUT2D eigenvalue weighted by Gasteiger charge is 2.79. The van der Waals surface area contributed by atoms with Crippen LogP contribution in [0.25, 0.3) is 0 Å². The van der Waals surface area contributed by atoms with Gasteiger partial charge in [0, 0.05) is 13.2 Å². The van der Waals surface area contributed by atoms with Crippen LogP contribution in [0.3, 0.4) is 0 Å². The van der Waals surface area contributed by atoms with E-state index in [4.69, 9.17) is 4.12 Å². The first-order valence-electron chi connectivity index (χ1n) is 7.30. The molecule has 2 fully saturated rings. The van der Waals surface area contributed by atoms with Gasteiger partial charge in [-0.3, -0.25) is 29.0 Å². The van der Waals surface area contributed by atoms with Crippen LogP contribution in [0.5, 0.6) is 0 Å². The van der Waals surface area contributed by atoms with Crippen molar-refractivity contribution < 1.29 is 23.3 Å². The van der Waals surface area contributed by atoms with E-state index < -0.39 is 45.7 Å². The molecule has 0 atom stereocenters. The van der Waals surface area contributed by atoms with Crippen LogP contribution in [0, 0.1) is 5.41 Å². The van der Waals surface area contributed by atoms with E-state index in [0.717, 1.165) is 15.8 Å². The summed E-state index contributed by atoms with van der Waals surface area (Å²) in [6.07, 6.45) is 0.188. The van der Waals surface area contributed by atoms with Crippen LogP contribution in [0.1, 0.15) is 21.8 Å². The molecule has 9 heteroatoms. The van der Waals surface area contributed by atoms with Gasteiger partial charge in [0.25, 0.3) is 29.0 Å². The molecule has 0 aromatic heterocycles. The number of imide groups is 2. The van der Waals surface area contributed by atoms with Gasteiger partial charge in [0.2, 0.25) is 0 Å². The summed E-state index contributed by atoms with van der Waals surface area (Å²) in [5, 5.41) is 0. The molecule has 0 N–H and O–H groups in total. The number of amides is 4. The van der Waals surface area contributed by atoms with Crippen LogP contribution >= 0.6 is 0 Å². The fourth-order valence-electron chi connectivity index (χ4n) is 2.91. The van der Waals surface area contributed by atoms with Crippen molar-refractivity contribution in [2.24, 2.45) is 5.41 Å². The van der Waals surface area contributed by atoms with Crippen molar-refractivity contribution in [1.82, 2.24) is 9.80 Å². The minimum absolute atomic E-state index is 0. The normalized spacial score (nSPS) is 19.6. The van der Waals surface area contributed by atoms with Crippen molar-refractivity contribution in [3.05, 3.63) is 0 Å².